The van der Waals surface area contributed by atoms with E-state index in [1.54, 1.807) is 6.07 Å². The van der Waals surface area contributed by atoms with Gasteiger partial charge in [0.15, 0.2) is 0 Å². The van der Waals surface area contributed by atoms with Gasteiger partial charge in [-0.15, -0.1) is 0 Å². The Morgan fingerprint density at radius 3 is 1.90 bits per heavy atom. The van der Waals surface area contributed by atoms with Crippen LogP contribution < -0.4 is 9.47 Å². The maximum absolute atomic E-state index is 11.0. The summed E-state index contributed by atoms with van der Waals surface area (Å²) in [5.74, 6) is 0.808. The molecular weight excluding hydrogens is 428 g/mol. The number of nitro benzene ring substituents is 2. The lowest BCUT2D eigenvalue weighted by molar-refractivity contribution is -0.385. The zero-order valence-corrected chi connectivity index (χ0v) is 16.4. The third-order valence-corrected chi connectivity index (χ3v) is 4.27. The molecule has 3 rings (SSSR count). The highest BCUT2D eigenvalue weighted by Gasteiger charge is 2.14. The molecule has 0 bridgehead atoms. The number of hydrogen-bond acceptors (Lipinski definition) is 7. The van der Waals surface area contributed by atoms with Gasteiger partial charge < -0.3 is 9.47 Å². The minimum Gasteiger partial charge on any atom is -0.457 e. The number of aldehydes is 1. The summed E-state index contributed by atoms with van der Waals surface area (Å²) in [7, 11) is 0. The van der Waals surface area contributed by atoms with Crippen molar-refractivity contribution < 1.29 is 24.1 Å². The van der Waals surface area contributed by atoms with Crippen LogP contribution in [0.4, 0.5) is 11.4 Å². The molecule has 0 aliphatic carbocycles. The van der Waals surface area contributed by atoms with E-state index < -0.39 is 9.85 Å². The highest BCUT2D eigenvalue weighted by atomic mass is 35.5. The van der Waals surface area contributed by atoms with Gasteiger partial charge in [-0.05, 0) is 30.3 Å². The third-order valence-electron chi connectivity index (χ3n) is 3.95. The number of ether oxygens (including phenoxy) is 2. The number of non-ortho nitro benzene ring substituents is 2. The minimum atomic E-state index is -0.561. The van der Waals surface area contributed by atoms with Crippen molar-refractivity contribution in [3.05, 3.63) is 98.6 Å². The summed E-state index contributed by atoms with van der Waals surface area (Å²) in [5, 5.41) is 22.0. The Morgan fingerprint density at radius 1 is 0.806 bits per heavy atom. The predicted molar refractivity (Wildman–Crippen MR) is 113 cm³/mol. The molecule has 9 nitrogen and oxygen atoms in total. The fraction of sp³-hybridized carbons (Fsp3) is 0. The topological polar surface area (TPSA) is 122 Å². The SMILES string of the molecule is O=CC=C(Cl)c1ccc(Oc2cccc([N+](=O)[O-])c2)cc1Oc1cccc([N+](=O)[O-])c1. The van der Waals surface area contributed by atoms with Gasteiger partial charge in [0, 0.05) is 23.8 Å². The second-order valence-corrected chi connectivity index (χ2v) is 6.43. The Hall–Kier alpha value is -4.24. The number of allylic oxidation sites excluding steroid dienone is 1. The van der Waals surface area contributed by atoms with Crippen molar-refractivity contribution >= 4 is 34.3 Å². The van der Waals surface area contributed by atoms with Crippen LogP contribution in [0.3, 0.4) is 0 Å². The van der Waals surface area contributed by atoms with E-state index >= 15 is 0 Å². The first kappa shape index (κ1) is 21.5. The molecule has 0 saturated heterocycles. The van der Waals surface area contributed by atoms with Crippen LogP contribution in [0.2, 0.25) is 0 Å². The van der Waals surface area contributed by atoms with E-state index in [2.05, 4.69) is 0 Å². The number of nitro groups is 2. The second-order valence-electron chi connectivity index (χ2n) is 6.02. The van der Waals surface area contributed by atoms with Gasteiger partial charge in [-0.1, -0.05) is 23.7 Å². The van der Waals surface area contributed by atoms with Crippen LogP contribution in [0.5, 0.6) is 23.0 Å². The first-order valence-corrected chi connectivity index (χ1v) is 9.05. The smallest absolute Gasteiger partial charge is 0.273 e. The number of hydrogen-bond donors (Lipinski definition) is 0. The van der Waals surface area contributed by atoms with Crippen LogP contribution in [-0.4, -0.2) is 16.1 Å². The Kier molecular flexibility index (Phi) is 6.58. The molecule has 0 aliphatic heterocycles. The number of benzene rings is 3. The highest BCUT2D eigenvalue weighted by molar-refractivity contribution is 6.50. The molecule has 10 heteroatoms. The van der Waals surface area contributed by atoms with Crippen LogP contribution in [0.25, 0.3) is 5.03 Å². The summed E-state index contributed by atoms with van der Waals surface area (Å²) in [4.78, 5) is 31.7. The van der Waals surface area contributed by atoms with Gasteiger partial charge >= 0.3 is 0 Å². The van der Waals surface area contributed by atoms with Crippen molar-refractivity contribution in [2.45, 2.75) is 0 Å². The number of carbonyl (C=O) groups is 1. The first-order valence-electron chi connectivity index (χ1n) is 8.67. The molecule has 0 amide bonds. The molecule has 0 aromatic heterocycles. The lowest BCUT2D eigenvalue weighted by atomic mass is 10.1. The normalized spacial score (nSPS) is 10.9. The molecule has 156 valence electrons. The van der Waals surface area contributed by atoms with E-state index in [4.69, 9.17) is 21.1 Å². The Balaban J connectivity index is 1.98. The second kappa shape index (κ2) is 9.51. The van der Waals surface area contributed by atoms with Gasteiger partial charge in [0.05, 0.1) is 27.0 Å². The lowest BCUT2D eigenvalue weighted by Crippen LogP contribution is -1.94. The van der Waals surface area contributed by atoms with Gasteiger partial charge in [-0.2, -0.15) is 0 Å². The average molecular weight is 441 g/mol. The highest BCUT2D eigenvalue weighted by Crippen LogP contribution is 2.37. The summed E-state index contributed by atoms with van der Waals surface area (Å²) in [6.45, 7) is 0. The van der Waals surface area contributed by atoms with Gasteiger partial charge in [-0.3, -0.25) is 25.0 Å². The van der Waals surface area contributed by atoms with Crippen molar-refractivity contribution in [2.24, 2.45) is 0 Å². The molecule has 0 radical (unpaired) electrons. The summed E-state index contributed by atoms with van der Waals surface area (Å²) < 4.78 is 11.5. The summed E-state index contributed by atoms with van der Waals surface area (Å²) in [5.41, 5.74) is 0.0309. The van der Waals surface area contributed by atoms with E-state index in [-0.39, 0.29) is 39.4 Å². The van der Waals surface area contributed by atoms with Crippen molar-refractivity contribution in [3.8, 4) is 23.0 Å². The minimum absolute atomic E-state index is 0.0809. The molecule has 0 aliphatic rings. The molecule has 3 aromatic rings. The van der Waals surface area contributed by atoms with Crippen molar-refractivity contribution in [1.82, 2.24) is 0 Å². The standard InChI is InChI=1S/C21H13ClN2O7/c22-20(9-10-25)19-8-7-18(30-16-5-1-3-14(11-16)23(26)27)13-21(19)31-17-6-2-4-15(12-17)24(28)29/h1-13H. The summed E-state index contributed by atoms with van der Waals surface area (Å²) >= 11 is 6.15. The maximum Gasteiger partial charge on any atom is 0.273 e. The van der Waals surface area contributed by atoms with Crippen molar-refractivity contribution in [1.29, 1.82) is 0 Å². The van der Waals surface area contributed by atoms with Crippen molar-refractivity contribution in [2.75, 3.05) is 0 Å². The summed E-state index contributed by atoms with van der Waals surface area (Å²) in [6, 6.07) is 15.6. The number of nitrogens with zero attached hydrogens (tertiary/aromatic N) is 2. The molecular formula is C21H13ClN2O7. The monoisotopic (exact) mass is 440 g/mol. The molecule has 0 saturated carbocycles. The van der Waals surface area contributed by atoms with E-state index in [0.717, 1.165) is 6.08 Å². The number of rotatable bonds is 8. The van der Waals surface area contributed by atoms with E-state index in [1.807, 2.05) is 0 Å². The molecule has 0 unspecified atom stereocenters. The quantitative estimate of drug-likeness (QED) is 0.186. The first-order chi connectivity index (χ1) is 14.9. The van der Waals surface area contributed by atoms with Gasteiger partial charge in [-0.25, -0.2) is 0 Å². The molecule has 31 heavy (non-hydrogen) atoms. The zero-order valence-electron chi connectivity index (χ0n) is 15.6. The third kappa shape index (κ3) is 5.43. The van der Waals surface area contributed by atoms with Crippen LogP contribution in [-0.2, 0) is 4.79 Å². The van der Waals surface area contributed by atoms with E-state index in [9.17, 15) is 25.0 Å². The zero-order chi connectivity index (χ0) is 22.4. The Morgan fingerprint density at radius 2 is 1.35 bits per heavy atom. The van der Waals surface area contributed by atoms with E-state index in [1.165, 1.54) is 60.7 Å². The number of carbonyl (C=O) groups excluding carboxylic acids is 1. The molecule has 0 heterocycles. The molecule has 0 fully saturated rings. The largest absolute Gasteiger partial charge is 0.457 e. The summed E-state index contributed by atoms with van der Waals surface area (Å²) in [6.07, 6.45) is 1.63. The van der Waals surface area contributed by atoms with E-state index in [0.29, 0.717) is 11.8 Å². The molecule has 0 spiro atoms. The Bertz CT molecular complexity index is 1190. The van der Waals surface area contributed by atoms with Gasteiger partial charge in [0.25, 0.3) is 11.4 Å². The molecule has 3 aromatic carbocycles. The predicted octanol–water partition coefficient (Wildman–Crippen LogP) is 5.87. The van der Waals surface area contributed by atoms with Crippen LogP contribution in [0.1, 0.15) is 5.56 Å². The lowest BCUT2D eigenvalue weighted by Gasteiger charge is -2.13. The molecule has 0 atom stereocenters. The van der Waals surface area contributed by atoms with Crippen LogP contribution in [0, 0.1) is 20.2 Å². The fourth-order valence-electron chi connectivity index (χ4n) is 2.58. The maximum atomic E-state index is 11.0. The van der Waals surface area contributed by atoms with Crippen LogP contribution in [0.15, 0.2) is 72.8 Å². The fourth-order valence-corrected chi connectivity index (χ4v) is 2.79. The van der Waals surface area contributed by atoms with Gasteiger partial charge in [0.2, 0.25) is 0 Å². The Labute approximate surface area is 180 Å². The average Bonchev–Trinajstić information content (AvgIpc) is 2.74. The molecule has 0 N–H and O–H groups in total. The number of halogens is 1. The van der Waals surface area contributed by atoms with Crippen molar-refractivity contribution in [3.63, 3.8) is 0 Å². The van der Waals surface area contributed by atoms with Gasteiger partial charge in [0.1, 0.15) is 29.3 Å². The van der Waals surface area contributed by atoms with Crippen LogP contribution >= 0.6 is 11.6 Å².